The summed E-state index contributed by atoms with van der Waals surface area (Å²) in [6.07, 6.45) is 4.17. The quantitative estimate of drug-likeness (QED) is 0.469. The standard InChI is InChI=1S/C11H14OS2/c1-12-10-5-4-6-11(9-10)14-8-3-2-7-13/h2-6,9,13H,7-8H2,1H3. The minimum Gasteiger partial charge on any atom is -0.497 e. The van der Waals surface area contributed by atoms with Crippen LogP contribution < -0.4 is 4.74 Å². The first kappa shape index (κ1) is 11.5. The fourth-order valence-electron chi connectivity index (χ4n) is 0.978. The van der Waals surface area contributed by atoms with Gasteiger partial charge < -0.3 is 4.74 Å². The Morgan fingerprint density at radius 1 is 1.43 bits per heavy atom. The van der Waals surface area contributed by atoms with Crippen LogP contribution in [0.1, 0.15) is 0 Å². The zero-order valence-electron chi connectivity index (χ0n) is 8.14. The lowest BCUT2D eigenvalue weighted by molar-refractivity contribution is 0.413. The predicted octanol–water partition coefficient (Wildman–Crippen LogP) is 3.27. The number of rotatable bonds is 5. The Morgan fingerprint density at radius 2 is 2.29 bits per heavy atom. The van der Waals surface area contributed by atoms with E-state index in [1.165, 1.54) is 4.90 Å². The Bertz CT molecular complexity index is 297. The van der Waals surface area contributed by atoms with E-state index in [4.69, 9.17) is 4.74 Å². The summed E-state index contributed by atoms with van der Waals surface area (Å²) >= 11 is 5.89. The molecule has 3 heteroatoms. The number of benzene rings is 1. The number of methoxy groups -OCH3 is 1. The van der Waals surface area contributed by atoms with E-state index in [-0.39, 0.29) is 0 Å². The molecule has 1 aromatic rings. The van der Waals surface area contributed by atoms with Crippen molar-refractivity contribution in [2.75, 3.05) is 18.6 Å². The van der Waals surface area contributed by atoms with Crippen LogP contribution in [0.2, 0.25) is 0 Å². The van der Waals surface area contributed by atoms with E-state index in [0.717, 1.165) is 17.3 Å². The van der Waals surface area contributed by atoms with Gasteiger partial charge in [0.2, 0.25) is 0 Å². The lowest BCUT2D eigenvalue weighted by atomic mass is 10.3. The Morgan fingerprint density at radius 3 is 3.00 bits per heavy atom. The minimum atomic E-state index is 0.804. The first-order valence-electron chi connectivity index (χ1n) is 4.39. The summed E-state index contributed by atoms with van der Waals surface area (Å²) in [5.74, 6) is 2.69. The van der Waals surface area contributed by atoms with Crippen LogP contribution in [0.4, 0.5) is 0 Å². The van der Waals surface area contributed by atoms with Crippen LogP contribution in [-0.2, 0) is 0 Å². The second-order valence-corrected chi connectivity index (χ2v) is 4.10. The summed E-state index contributed by atoms with van der Waals surface area (Å²) in [7, 11) is 1.69. The second kappa shape index (κ2) is 6.85. The van der Waals surface area contributed by atoms with Crippen LogP contribution in [-0.4, -0.2) is 18.6 Å². The lowest BCUT2D eigenvalue weighted by Gasteiger charge is -2.02. The van der Waals surface area contributed by atoms with E-state index < -0.39 is 0 Å². The number of ether oxygens (including phenoxy) is 1. The van der Waals surface area contributed by atoms with Gasteiger partial charge in [-0.25, -0.2) is 0 Å². The molecule has 0 saturated heterocycles. The highest BCUT2D eigenvalue weighted by molar-refractivity contribution is 7.99. The molecule has 0 atom stereocenters. The van der Waals surface area contributed by atoms with Gasteiger partial charge in [0, 0.05) is 16.4 Å². The Kier molecular flexibility index (Phi) is 5.64. The largest absolute Gasteiger partial charge is 0.497 e. The molecule has 0 unspecified atom stereocenters. The third-order valence-electron chi connectivity index (χ3n) is 1.66. The van der Waals surface area contributed by atoms with Gasteiger partial charge in [-0.3, -0.25) is 0 Å². The molecule has 0 aliphatic carbocycles. The van der Waals surface area contributed by atoms with E-state index in [2.05, 4.69) is 30.8 Å². The Hall–Kier alpha value is -0.540. The molecule has 0 bridgehead atoms. The number of thiol groups is 1. The summed E-state index contributed by atoms with van der Waals surface area (Å²) in [6.45, 7) is 0. The van der Waals surface area contributed by atoms with Crippen LogP contribution >= 0.6 is 24.4 Å². The first-order chi connectivity index (χ1) is 6.86. The third-order valence-corrected chi connectivity index (χ3v) is 2.82. The van der Waals surface area contributed by atoms with Crippen LogP contribution in [0.5, 0.6) is 5.75 Å². The highest BCUT2D eigenvalue weighted by Gasteiger charge is 1.94. The fourth-order valence-corrected chi connectivity index (χ4v) is 1.93. The molecule has 0 N–H and O–H groups in total. The van der Waals surface area contributed by atoms with E-state index in [0.29, 0.717) is 0 Å². The number of hydrogen-bond donors (Lipinski definition) is 1. The van der Waals surface area contributed by atoms with E-state index >= 15 is 0 Å². The fraction of sp³-hybridized carbons (Fsp3) is 0.273. The maximum absolute atomic E-state index is 5.14. The van der Waals surface area contributed by atoms with Crippen molar-refractivity contribution in [2.45, 2.75) is 4.90 Å². The molecular weight excluding hydrogens is 212 g/mol. The highest BCUT2D eigenvalue weighted by Crippen LogP contribution is 2.22. The third kappa shape index (κ3) is 4.11. The van der Waals surface area contributed by atoms with Gasteiger partial charge in [-0.05, 0) is 18.2 Å². The maximum atomic E-state index is 5.14. The molecule has 0 amide bonds. The van der Waals surface area contributed by atoms with Crippen LogP contribution in [0.25, 0.3) is 0 Å². The average molecular weight is 226 g/mol. The topological polar surface area (TPSA) is 9.23 Å². The minimum absolute atomic E-state index is 0.804. The normalized spacial score (nSPS) is 10.7. The van der Waals surface area contributed by atoms with E-state index in [1.54, 1.807) is 18.9 Å². The van der Waals surface area contributed by atoms with Gasteiger partial charge in [0.15, 0.2) is 0 Å². The highest BCUT2D eigenvalue weighted by atomic mass is 32.2. The monoisotopic (exact) mass is 226 g/mol. The van der Waals surface area contributed by atoms with Crippen LogP contribution in [0.15, 0.2) is 41.3 Å². The Balaban J connectivity index is 2.46. The van der Waals surface area contributed by atoms with Gasteiger partial charge in [-0.15, -0.1) is 11.8 Å². The van der Waals surface area contributed by atoms with Crippen molar-refractivity contribution in [3.63, 3.8) is 0 Å². The van der Waals surface area contributed by atoms with Gasteiger partial charge in [-0.2, -0.15) is 12.6 Å². The van der Waals surface area contributed by atoms with E-state index in [1.807, 2.05) is 18.2 Å². The van der Waals surface area contributed by atoms with Crippen molar-refractivity contribution < 1.29 is 4.74 Å². The molecule has 0 aromatic heterocycles. The SMILES string of the molecule is COc1cccc(SCC=CCS)c1. The summed E-state index contributed by atoms with van der Waals surface area (Å²) in [6, 6.07) is 8.08. The molecule has 14 heavy (non-hydrogen) atoms. The molecule has 1 rings (SSSR count). The maximum Gasteiger partial charge on any atom is 0.119 e. The van der Waals surface area contributed by atoms with Crippen molar-refractivity contribution in [3.8, 4) is 5.75 Å². The smallest absolute Gasteiger partial charge is 0.119 e. The Labute approximate surface area is 95.0 Å². The van der Waals surface area contributed by atoms with Gasteiger partial charge >= 0.3 is 0 Å². The lowest BCUT2D eigenvalue weighted by Crippen LogP contribution is -1.82. The molecule has 0 saturated carbocycles. The van der Waals surface area contributed by atoms with Gasteiger partial charge in [0.1, 0.15) is 5.75 Å². The molecule has 0 heterocycles. The molecule has 1 aromatic carbocycles. The molecule has 0 aliphatic heterocycles. The summed E-state index contributed by atoms with van der Waals surface area (Å²) in [4.78, 5) is 1.23. The molecule has 0 radical (unpaired) electrons. The summed E-state index contributed by atoms with van der Waals surface area (Å²) < 4.78 is 5.14. The van der Waals surface area contributed by atoms with Gasteiger partial charge in [-0.1, -0.05) is 18.2 Å². The van der Waals surface area contributed by atoms with Crippen LogP contribution in [0, 0.1) is 0 Å². The number of hydrogen-bond acceptors (Lipinski definition) is 3. The molecule has 1 nitrogen and oxygen atoms in total. The molecule has 0 fully saturated rings. The molecule has 76 valence electrons. The van der Waals surface area contributed by atoms with Gasteiger partial charge in [0.05, 0.1) is 7.11 Å². The van der Waals surface area contributed by atoms with Crippen molar-refractivity contribution in [1.29, 1.82) is 0 Å². The summed E-state index contributed by atoms with van der Waals surface area (Å²) in [5, 5.41) is 0. The molecule has 0 spiro atoms. The van der Waals surface area contributed by atoms with Crippen molar-refractivity contribution in [2.24, 2.45) is 0 Å². The second-order valence-electron chi connectivity index (χ2n) is 2.64. The predicted molar refractivity (Wildman–Crippen MR) is 66.7 cm³/mol. The first-order valence-corrected chi connectivity index (χ1v) is 6.01. The number of thioether (sulfide) groups is 1. The van der Waals surface area contributed by atoms with Crippen molar-refractivity contribution >= 4 is 24.4 Å². The van der Waals surface area contributed by atoms with Crippen LogP contribution in [0.3, 0.4) is 0 Å². The van der Waals surface area contributed by atoms with Crippen molar-refractivity contribution in [1.82, 2.24) is 0 Å². The molecular formula is C11H14OS2. The van der Waals surface area contributed by atoms with Gasteiger partial charge in [0.25, 0.3) is 0 Å². The van der Waals surface area contributed by atoms with Crippen molar-refractivity contribution in [3.05, 3.63) is 36.4 Å². The molecule has 0 aliphatic rings. The zero-order valence-corrected chi connectivity index (χ0v) is 9.85. The average Bonchev–Trinajstić information content (AvgIpc) is 2.25. The van der Waals surface area contributed by atoms with E-state index in [9.17, 15) is 0 Å². The summed E-state index contributed by atoms with van der Waals surface area (Å²) in [5.41, 5.74) is 0. The zero-order chi connectivity index (χ0) is 10.2.